The van der Waals surface area contributed by atoms with Crippen LogP contribution in [0.2, 0.25) is 0 Å². The SMILES string of the molecule is CC.CC.CC(=O)CCC(NC(=O)Nc1ccc(COC(=O)N(C)c2ccccc2)cc1)C(C)=O.CN(CCOS(C)(=O)=O)CCOS(C)(=O)=O. The van der Waals surface area contributed by atoms with Crippen molar-refractivity contribution < 1.29 is 49.1 Å². The van der Waals surface area contributed by atoms with E-state index < -0.39 is 38.4 Å². The molecule has 1 unspecified atom stereocenters. The van der Waals surface area contributed by atoms with Gasteiger partial charge in [-0.1, -0.05) is 58.0 Å². The number of nitrogens with one attached hydrogen (secondary N) is 2. The Bertz CT molecular complexity index is 1480. The highest BCUT2D eigenvalue weighted by Crippen LogP contribution is 2.14. The molecule has 0 fully saturated rings. The van der Waals surface area contributed by atoms with Crippen molar-refractivity contribution in [2.75, 3.05) is 63.1 Å². The van der Waals surface area contributed by atoms with Crippen LogP contribution in [-0.4, -0.2) is 104 Å². The van der Waals surface area contributed by atoms with Crippen molar-refractivity contribution in [2.45, 2.75) is 67.0 Å². The number of anilines is 2. The Balaban J connectivity index is 0. The van der Waals surface area contributed by atoms with E-state index in [0.29, 0.717) is 18.8 Å². The molecule has 0 saturated heterocycles. The summed E-state index contributed by atoms with van der Waals surface area (Å²) in [6.45, 7) is 11.7. The predicted molar refractivity (Wildman–Crippen MR) is 200 cm³/mol. The zero-order valence-corrected chi connectivity index (χ0v) is 33.1. The monoisotopic (exact) mass is 760 g/mol. The molecule has 0 aromatic heterocycles. The van der Waals surface area contributed by atoms with Gasteiger partial charge in [-0.25, -0.2) is 9.59 Å². The lowest BCUT2D eigenvalue weighted by Gasteiger charge is -2.17. The summed E-state index contributed by atoms with van der Waals surface area (Å²) in [5.41, 5.74) is 2.00. The summed E-state index contributed by atoms with van der Waals surface area (Å²) in [5, 5.41) is 5.22. The highest BCUT2D eigenvalue weighted by atomic mass is 32.2. The molecule has 17 heteroatoms. The zero-order valence-electron chi connectivity index (χ0n) is 31.4. The highest BCUT2D eigenvalue weighted by molar-refractivity contribution is 7.86. The van der Waals surface area contributed by atoms with Crippen molar-refractivity contribution >= 4 is 55.3 Å². The number of likely N-dealkylation sites (N-methyl/N-ethyl adjacent to an activating group) is 1. The largest absolute Gasteiger partial charge is 0.444 e. The topological polar surface area (TPSA) is 195 Å². The molecule has 1 atom stereocenters. The Labute approximate surface area is 304 Å². The number of para-hydroxylation sites is 1. The van der Waals surface area contributed by atoms with Gasteiger partial charge in [0.05, 0.1) is 31.8 Å². The van der Waals surface area contributed by atoms with E-state index in [1.807, 2.05) is 58.0 Å². The van der Waals surface area contributed by atoms with Gasteiger partial charge in [-0.15, -0.1) is 0 Å². The Kier molecular flexibility index (Phi) is 25.9. The van der Waals surface area contributed by atoms with Gasteiger partial charge in [-0.2, -0.15) is 16.8 Å². The first kappa shape index (κ1) is 49.2. The number of rotatable bonds is 17. The smallest absolute Gasteiger partial charge is 0.414 e. The van der Waals surface area contributed by atoms with Crippen LogP contribution in [0, 0.1) is 0 Å². The molecule has 0 spiro atoms. The molecule has 2 rings (SSSR count). The van der Waals surface area contributed by atoms with Crippen LogP contribution in [0.1, 0.15) is 59.9 Å². The molecule has 0 aliphatic carbocycles. The van der Waals surface area contributed by atoms with Gasteiger partial charge in [0.2, 0.25) is 0 Å². The Morgan fingerprint density at radius 1 is 0.765 bits per heavy atom. The van der Waals surface area contributed by atoms with Crippen LogP contribution >= 0.6 is 0 Å². The number of hydrogen-bond donors (Lipinski definition) is 2. The van der Waals surface area contributed by atoms with Crippen LogP contribution in [0.15, 0.2) is 54.6 Å². The second-order valence-corrected chi connectivity index (χ2v) is 13.8. The first-order valence-corrected chi connectivity index (χ1v) is 20.0. The predicted octanol–water partition coefficient (Wildman–Crippen LogP) is 4.83. The van der Waals surface area contributed by atoms with E-state index in [9.17, 15) is 36.0 Å². The van der Waals surface area contributed by atoms with E-state index in [1.165, 1.54) is 18.7 Å². The Morgan fingerprint density at radius 3 is 1.69 bits per heavy atom. The minimum atomic E-state index is -3.42. The summed E-state index contributed by atoms with van der Waals surface area (Å²) in [7, 11) is -3.50. The summed E-state index contributed by atoms with van der Waals surface area (Å²) in [4.78, 5) is 50.2. The molecule has 290 valence electrons. The van der Waals surface area contributed by atoms with Gasteiger partial charge >= 0.3 is 12.1 Å². The van der Waals surface area contributed by atoms with Crippen molar-refractivity contribution in [1.82, 2.24) is 10.2 Å². The van der Waals surface area contributed by atoms with Gasteiger partial charge in [-0.3, -0.25) is 18.1 Å². The fraction of sp³-hybridized carbons (Fsp3) is 0.529. The average Bonchev–Trinajstić information content (AvgIpc) is 3.07. The van der Waals surface area contributed by atoms with Crippen LogP contribution in [0.3, 0.4) is 0 Å². The van der Waals surface area contributed by atoms with Crippen molar-refractivity contribution in [2.24, 2.45) is 0 Å². The summed E-state index contributed by atoms with van der Waals surface area (Å²) in [6, 6.07) is 14.7. The molecular weight excluding hydrogens is 705 g/mol. The lowest BCUT2D eigenvalue weighted by atomic mass is 10.1. The van der Waals surface area contributed by atoms with Crippen LogP contribution in [0.5, 0.6) is 0 Å². The first-order chi connectivity index (χ1) is 23.9. The number of urea groups is 1. The van der Waals surface area contributed by atoms with Gasteiger partial charge in [0.1, 0.15) is 12.4 Å². The van der Waals surface area contributed by atoms with E-state index in [-0.39, 0.29) is 44.2 Å². The lowest BCUT2D eigenvalue weighted by Crippen LogP contribution is -2.42. The summed E-state index contributed by atoms with van der Waals surface area (Å²) in [6.07, 6.45) is 1.95. The highest BCUT2D eigenvalue weighted by Gasteiger charge is 2.18. The number of nitrogens with zero attached hydrogens (tertiary/aromatic N) is 2. The van der Waals surface area contributed by atoms with Crippen molar-refractivity contribution in [1.29, 1.82) is 0 Å². The fourth-order valence-electron chi connectivity index (χ4n) is 3.53. The number of carbonyl (C=O) groups is 4. The van der Waals surface area contributed by atoms with Crippen LogP contribution in [0.4, 0.5) is 21.0 Å². The molecule has 2 aromatic rings. The van der Waals surface area contributed by atoms with Crippen molar-refractivity contribution in [3.63, 3.8) is 0 Å². The third kappa shape index (κ3) is 26.6. The Morgan fingerprint density at radius 2 is 1.25 bits per heavy atom. The normalized spacial score (nSPS) is 11.2. The first-order valence-electron chi connectivity index (χ1n) is 16.4. The minimum Gasteiger partial charge on any atom is -0.444 e. The molecule has 15 nitrogen and oxygen atoms in total. The molecule has 0 heterocycles. The maximum atomic E-state index is 12.2. The summed E-state index contributed by atoms with van der Waals surface area (Å²) in [5.74, 6) is -0.256. The van der Waals surface area contributed by atoms with E-state index in [2.05, 4.69) is 19.0 Å². The number of amides is 3. The third-order valence-corrected chi connectivity index (χ3v) is 7.30. The Hall–Kier alpha value is -3.90. The average molecular weight is 761 g/mol. The van der Waals surface area contributed by atoms with E-state index in [4.69, 9.17) is 4.74 Å². The second kappa shape index (κ2) is 26.8. The maximum Gasteiger partial charge on any atom is 0.414 e. The maximum absolute atomic E-state index is 12.2. The van der Waals surface area contributed by atoms with Crippen LogP contribution < -0.4 is 15.5 Å². The van der Waals surface area contributed by atoms with Gasteiger partial charge in [0.15, 0.2) is 5.78 Å². The molecule has 0 radical (unpaired) electrons. The molecule has 51 heavy (non-hydrogen) atoms. The van der Waals surface area contributed by atoms with E-state index in [0.717, 1.165) is 23.8 Å². The number of benzene rings is 2. The molecule has 0 saturated carbocycles. The van der Waals surface area contributed by atoms with Crippen molar-refractivity contribution in [3.05, 3.63) is 60.2 Å². The van der Waals surface area contributed by atoms with Gasteiger partial charge in [-0.05, 0) is 57.1 Å². The minimum absolute atomic E-state index is 0.0359. The third-order valence-electron chi connectivity index (χ3n) is 6.11. The zero-order chi connectivity index (χ0) is 39.6. The molecule has 0 aliphatic rings. The van der Waals surface area contributed by atoms with Gasteiger partial charge in [0, 0.05) is 37.9 Å². The second-order valence-electron chi connectivity index (χ2n) is 10.5. The standard InChI is InChI=1S/C23H27N3O5.C7H17NO6S2.2C2H6/c1-16(27)9-14-21(17(2)28)25-22(29)24-19-12-10-18(11-13-19)15-31-23(30)26(3)20-7-5-4-6-8-20;1-8(4-6-13-15(2,9)10)5-7-14-16(3,11)12;2*1-2/h4-8,10-13,21H,9,14-15H2,1-3H3,(H2,24,25,29);4-7H2,1-3H3;2*1-2H3. The van der Waals surface area contributed by atoms with Crippen molar-refractivity contribution in [3.8, 4) is 0 Å². The summed E-state index contributed by atoms with van der Waals surface area (Å²) < 4.78 is 56.8. The lowest BCUT2D eigenvalue weighted by molar-refractivity contribution is -0.119. The molecule has 0 bridgehead atoms. The van der Waals surface area contributed by atoms with Gasteiger partial charge < -0.3 is 25.1 Å². The van der Waals surface area contributed by atoms with Crippen LogP contribution in [-0.2, 0) is 49.5 Å². The molecule has 3 amide bonds. The summed E-state index contributed by atoms with van der Waals surface area (Å²) >= 11 is 0. The fourth-order valence-corrected chi connectivity index (χ4v) is 4.29. The molecule has 0 aliphatic heterocycles. The number of carbonyl (C=O) groups excluding carboxylic acids is 4. The number of ether oxygens (including phenoxy) is 1. The molecule has 2 aromatic carbocycles. The van der Waals surface area contributed by atoms with Crippen LogP contribution in [0.25, 0.3) is 0 Å². The van der Waals surface area contributed by atoms with E-state index >= 15 is 0 Å². The van der Waals surface area contributed by atoms with E-state index in [1.54, 1.807) is 43.3 Å². The molecular formula is C34H56N4O11S2. The quantitative estimate of drug-likeness (QED) is 0.209. The number of hydrogen-bond acceptors (Lipinski definition) is 12. The number of Topliss-reactive ketones (excluding diaryl/α,β-unsaturated/α-hetero) is 2. The molecule has 2 N–H and O–H groups in total. The number of ketones is 2. The van der Waals surface area contributed by atoms with Gasteiger partial charge in [0.25, 0.3) is 20.2 Å².